The summed E-state index contributed by atoms with van der Waals surface area (Å²) < 4.78 is 5.81. The Morgan fingerprint density at radius 3 is 2.62 bits per heavy atom. The topological polar surface area (TPSA) is 58.6 Å². The van der Waals surface area contributed by atoms with Gasteiger partial charge in [0, 0.05) is 16.8 Å². The van der Waals surface area contributed by atoms with Crippen molar-refractivity contribution in [3.05, 3.63) is 74.2 Å². The number of phenolic OH excluding ortho intramolecular Hbond substituents is 1. The molecule has 0 bridgehead atoms. The van der Waals surface area contributed by atoms with Crippen LogP contribution in [0.5, 0.6) is 5.75 Å². The molecule has 0 amide bonds. The summed E-state index contributed by atoms with van der Waals surface area (Å²) in [4.78, 5) is 8.97. The molecule has 0 fully saturated rings. The standard InChI is InChI=1S/C22H15Cl3N2O2/c1-11-8-18(28)15(12(2)20(11)24)10-26-13-6-7-19-17(9-13)27-22(29-19)14-4-3-5-16(23)21(14)25/h3-10,28H,1-2H3. The summed E-state index contributed by atoms with van der Waals surface area (Å²) in [7, 11) is 0. The van der Waals surface area contributed by atoms with Crippen molar-refractivity contribution in [1.82, 2.24) is 4.98 Å². The van der Waals surface area contributed by atoms with Crippen LogP contribution in [0.3, 0.4) is 0 Å². The van der Waals surface area contributed by atoms with Gasteiger partial charge in [-0.25, -0.2) is 4.98 Å². The molecule has 29 heavy (non-hydrogen) atoms. The summed E-state index contributed by atoms with van der Waals surface area (Å²) in [6.07, 6.45) is 1.59. The highest BCUT2D eigenvalue weighted by Crippen LogP contribution is 2.35. The first kappa shape index (κ1) is 19.8. The Bertz CT molecular complexity index is 1280. The Balaban J connectivity index is 1.71. The minimum Gasteiger partial charge on any atom is -0.507 e. The molecule has 0 atom stereocenters. The lowest BCUT2D eigenvalue weighted by Gasteiger charge is -2.08. The summed E-state index contributed by atoms with van der Waals surface area (Å²) in [5.74, 6) is 0.515. The highest BCUT2D eigenvalue weighted by Gasteiger charge is 2.14. The second-order valence-electron chi connectivity index (χ2n) is 6.60. The number of hydrogen-bond acceptors (Lipinski definition) is 4. The fourth-order valence-corrected chi connectivity index (χ4v) is 3.57. The number of aliphatic imine (C=N–C) groups is 1. The van der Waals surface area contributed by atoms with Crippen LogP contribution >= 0.6 is 34.8 Å². The zero-order valence-electron chi connectivity index (χ0n) is 15.5. The number of aryl methyl sites for hydroxylation is 1. The Hall–Kier alpha value is -2.53. The van der Waals surface area contributed by atoms with Gasteiger partial charge >= 0.3 is 0 Å². The monoisotopic (exact) mass is 444 g/mol. The Labute approximate surface area is 182 Å². The molecule has 0 radical (unpaired) electrons. The maximum absolute atomic E-state index is 10.2. The highest BCUT2D eigenvalue weighted by atomic mass is 35.5. The number of rotatable bonds is 3. The van der Waals surface area contributed by atoms with Gasteiger partial charge in [0.1, 0.15) is 11.3 Å². The van der Waals surface area contributed by atoms with Gasteiger partial charge in [0.15, 0.2) is 5.58 Å². The van der Waals surface area contributed by atoms with Gasteiger partial charge < -0.3 is 9.52 Å². The molecule has 4 nitrogen and oxygen atoms in total. The smallest absolute Gasteiger partial charge is 0.228 e. The molecule has 1 heterocycles. The molecule has 1 N–H and O–H groups in total. The highest BCUT2D eigenvalue weighted by molar-refractivity contribution is 6.43. The van der Waals surface area contributed by atoms with Crippen molar-refractivity contribution in [2.75, 3.05) is 0 Å². The van der Waals surface area contributed by atoms with Gasteiger partial charge in [-0.15, -0.1) is 0 Å². The van der Waals surface area contributed by atoms with Gasteiger partial charge in [-0.1, -0.05) is 40.9 Å². The molecule has 0 spiro atoms. The summed E-state index contributed by atoms with van der Waals surface area (Å²) in [5, 5.41) is 11.7. The largest absolute Gasteiger partial charge is 0.507 e. The van der Waals surface area contributed by atoms with Crippen molar-refractivity contribution in [3.63, 3.8) is 0 Å². The fourth-order valence-electron chi connectivity index (χ4n) is 3.03. The van der Waals surface area contributed by atoms with E-state index in [1.54, 1.807) is 48.7 Å². The van der Waals surface area contributed by atoms with Gasteiger partial charge in [-0.05, 0) is 61.4 Å². The number of phenols is 1. The first-order valence-corrected chi connectivity index (χ1v) is 9.86. The van der Waals surface area contributed by atoms with E-state index in [2.05, 4.69) is 9.98 Å². The van der Waals surface area contributed by atoms with Gasteiger partial charge in [-0.3, -0.25) is 4.99 Å². The van der Waals surface area contributed by atoms with Crippen LogP contribution in [0.1, 0.15) is 16.7 Å². The average molecular weight is 446 g/mol. The van der Waals surface area contributed by atoms with Crippen LogP contribution in [0.4, 0.5) is 5.69 Å². The van der Waals surface area contributed by atoms with E-state index in [0.29, 0.717) is 48.9 Å². The van der Waals surface area contributed by atoms with Crippen LogP contribution in [0.15, 0.2) is 51.9 Å². The molecule has 7 heteroatoms. The zero-order chi connectivity index (χ0) is 20.7. The van der Waals surface area contributed by atoms with Crippen LogP contribution in [-0.2, 0) is 0 Å². The number of benzene rings is 3. The van der Waals surface area contributed by atoms with E-state index >= 15 is 0 Å². The van der Waals surface area contributed by atoms with Crippen molar-refractivity contribution in [2.45, 2.75) is 13.8 Å². The quantitative estimate of drug-likeness (QED) is 0.332. The van der Waals surface area contributed by atoms with E-state index in [4.69, 9.17) is 39.2 Å². The number of halogens is 3. The van der Waals surface area contributed by atoms with Crippen molar-refractivity contribution in [1.29, 1.82) is 0 Å². The molecule has 0 saturated heterocycles. The summed E-state index contributed by atoms with van der Waals surface area (Å²) >= 11 is 18.6. The summed E-state index contributed by atoms with van der Waals surface area (Å²) in [6.45, 7) is 3.69. The molecule has 0 unspecified atom stereocenters. The zero-order valence-corrected chi connectivity index (χ0v) is 17.8. The number of nitrogens with zero attached hydrogens (tertiary/aromatic N) is 2. The van der Waals surface area contributed by atoms with Crippen molar-refractivity contribution in [3.8, 4) is 17.2 Å². The lowest BCUT2D eigenvalue weighted by atomic mass is 10.0. The second kappa shape index (κ2) is 7.71. The van der Waals surface area contributed by atoms with Gasteiger partial charge in [-0.2, -0.15) is 0 Å². The maximum atomic E-state index is 10.2. The lowest BCUT2D eigenvalue weighted by Crippen LogP contribution is -1.92. The molecular weight excluding hydrogens is 431 g/mol. The van der Waals surface area contributed by atoms with E-state index in [1.165, 1.54) is 0 Å². The van der Waals surface area contributed by atoms with Crippen LogP contribution in [0, 0.1) is 13.8 Å². The average Bonchev–Trinajstić information content (AvgIpc) is 3.11. The van der Waals surface area contributed by atoms with Crippen molar-refractivity contribution >= 4 is 57.8 Å². The van der Waals surface area contributed by atoms with Gasteiger partial charge in [0.2, 0.25) is 5.89 Å². The summed E-state index contributed by atoms with van der Waals surface area (Å²) in [6, 6.07) is 12.3. The van der Waals surface area contributed by atoms with Gasteiger partial charge in [0.25, 0.3) is 0 Å². The molecule has 4 rings (SSSR count). The molecule has 0 saturated carbocycles. The number of aromatic hydroxyl groups is 1. The first-order valence-electron chi connectivity index (χ1n) is 8.73. The lowest BCUT2D eigenvalue weighted by molar-refractivity contribution is 0.473. The third-order valence-electron chi connectivity index (χ3n) is 4.60. The van der Waals surface area contributed by atoms with Crippen LogP contribution in [-0.4, -0.2) is 16.3 Å². The van der Waals surface area contributed by atoms with E-state index in [1.807, 2.05) is 13.8 Å². The van der Waals surface area contributed by atoms with E-state index < -0.39 is 0 Å². The molecular formula is C22H15Cl3N2O2. The van der Waals surface area contributed by atoms with E-state index in [9.17, 15) is 5.11 Å². The van der Waals surface area contributed by atoms with Gasteiger partial charge in [0.05, 0.1) is 21.3 Å². The molecule has 0 aliphatic carbocycles. The molecule has 0 aliphatic rings. The number of aromatic nitrogens is 1. The molecule has 4 aromatic rings. The number of oxazole rings is 1. The minimum absolute atomic E-state index is 0.133. The van der Waals surface area contributed by atoms with Crippen molar-refractivity contribution in [2.24, 2.45) is 4.99 Å². The molecule has 3 aromatic carbocycles. The SMILES string of the molecule is Cc1cc(O)c(C=Nc2ccc3oc(-c4cccc(Cl)c4Cl)nc3c2)c(C)c1Cl. The fraction of sp³-hybridized carbons (Fsp3) is 0.0909. The minimum atomic E-state index is 0.133. The third kappa shape index (κ3) is 3.71. The van der Waals surface area contributed by atoms with Crippen LogP contribution in [0.2, 0.25) is 15.1 Å². The first-order chi connectivity index (χ1) is 13.8. The van der Waals surface area contributed by atoms with E-state index in [-0.39, 0.29) is 5.75 Å². The number of fused-ring (bicyclic) bond motifs is 1. The normalized spacial score (nSPS) is 11.6. The Kier molecular flexibility index (Phi) is 5.26. The summed E-state index contributed by atoms with van der Waals surface area (Å²) in [5.41, 5.74) is 4.68. The molecule has 1 aromatic heterocycles. The maximum Gasteiger partial charge on any atom is 0.228 e. The molecule has 0 aliphatic heterocycles. The van der Waals surface area contributed by atoms with Crippen molar-refractivity contribution < 1.29 is 9.52 Å². The predicted octanol–water partition coefficient (Wildman–Crippen LogP) is 7.53. The van der Waals surface area contributed by atoms with Crippen LogP contribution < -0.4 is 0 Å². The Morgan fingerprint density at radius 1 is 1.03 bits per heavy atom. The molecule has 146 valence electrons. The number of hydrogen-bond donors (Lipinski definition) is 1. The van der Waals surface area contributed by atoms with Crippen LogP contribution in [0.25, 0.3) is 22.6 Å². The second-order valence-corrected chi connectivity index (χ2v) is 7.76. The third-order valence-corrected chi connectivity index (χ3v) is 6.00. The van der Waals surface area contributed by atoms with E-state index in [0.717, 1.165) is 11.1 Å². The predicted molar refractivity (Wildman–Crippen MR) is 119 cm³/mol. The Morgan fingerprint density at radius 2 is 1.83 bits per heavy atom.